The van der Waals surface area contributed by atoms with E-state index in [9.17, 15) is 0 Å². The number of rotatable bonds is 5. The van der Waals surface area contributed by atoms with Gasteiger partial charge in [-0.2, -0.15) is 5.10 Å². The van der Waals surface area contributed by atoms with Gasteiger partial charge < -0.3 is 0 Å². The zero-order valence-corrected chi connectivity index (χ0v) is 12.9. The van der Waals surface area contributed by atoms with E-state index in [1.807, 2.05) is 35.9 Å². The third-order valence-corrected chi connectivity index (χ3v) is 4.03. The monoisotopic (exact) mass is 342 g/mol. The van der Waals surface area contributed by atoms with Gasteiger partial charge in [-0.1, -0.05) is 29.8 Å². The molecule has 1 atom stereocenters. The van der Waals surface area contributed by atoms with Crippen molar-refractivity contribution in [1.29, 1.82) is 0 Å². The van der Waals surface area contributed by atoms with Gasteiger partial charge in [-0.05, 0) is 40.9 Å². The van der Waals surface area contributed by atoms with Gasteiger partial charge in [-0.25, -0.2) is 0 Å². The second kappa shape index (κ2) is 6.52. The van der Waals surface area contributed by atoms with Crippen molar-refractivity contribution in [2.24, 2.45) is 5.84 Å². The summed E-state index contributed by atoms with van der Waals surface area (Å²) in [6.45, 7) is 2.84. The van der Waals surface area contributed by atoms with E-state index in [-0.39, 0.29) is 6.04 Å². The van der Waals surface area contributed by atoms with Crippen molar-refractivity contribution in [1.82, 2.24) is 15.2 Å². The first-order valence-corrected chi connectivity index (χ1v) is 7.25. The Morgan fingerprint density at radius 3 is 2.84 bits per heavy atom. The summed E-state index contributed by atoms with van der Waals surface area (Å²) >= 11 is 9.72. The molecule has 6 heteroatoms. The molecule has 0 radical (unpaired) electrons. The molecule has 0 spiro atoms. The normalized spacial score (nSPS) is 12.6. The number of nitrogens with zero attached hydrogens (tertiary/aromatic N) is 2. The summed E-state index contributed by atoms with van der Waals surface area (Å²) in [5, 5.41) is 5.06. The average molecular weight is 344 g/mol. The highest BCUT2D eigenvalue weighted by atomic mass is 79.9. The number of aromatic nitrogens is 2. The molecule has 1 heterocycles. The van der Waals surface area contributed by atoms with Crippen molar-refractivity contribution in [3.63, 3.8) is 0 Å². The number of nitrogens with two attached hydrogens (primary N) is 1. The zero-order chi connectivity index (χ0) is 13.8. The maximum atomic E-state index is 6.20. The molecule has 0 bridgehead atoms. The van der Waals surface area contributed by atoms with E-state index in [0.29, 0.717) is 6.42 Å². The fraction of sp³-hybridized carbons (Fsp3) is 0.308. The van der Waals surface area contributed by atoms with Gasteiger partial charge in [0.15, 0.2) is 0 Å². The summed E-state index contributed by atoms with van der Waals surface area (Å²) in [7, 11) is 0. The Bertz CT molecular complexity index is 555. The molecule has 1 aromatic heterocycles. The Balaban J connectivity index is 2.30. The first-order valence-electron chi connectivity index (χ1n) is 6.08. The third kappa shape index (κ3) is 3.17. The molecule has 3 N–H and O–H groups in total. The second-order valence-corrected chi connectivity index (χ2v) is 5.47. The van der Waals surface area contributed by atoms with Crippen LogP contribution in [0.4, 0.5) is 0 Å². The van der Waals surface area contributed by atoms with Crippen molar-refractivity contribution < 1.29 is 0 Å². The Kier molecular flexibility index (Phi) is 4.99. The van der Waals surface area contributed by atoms with Crippen LogP contribution in [0.25, 0.3) is 0 Å². The molecular weight excluding hydrogens is 328 g/mol. The van der Waals surface area contributed by atoms with Crippen molar-refractivity contribution in [3.8, 4) is 0 Å². The van der Waals surface area contributed by atoms with Crippen molar-refractivity contribution >= 4 is 27.5 Å². The Morgan fingerprint density at radius 2 is 2.21 bits per heavy atom. The van der Waals surface area contributed by atoms with Gasteiger partial charge in [0.2, 0.25) is 0 Å². The molecule has 4 nitrogen and oxygen atoms in total. The minimum absolute atomic E-state index is 0.0447. The highest BCUT2D eigenvalue weighted by molar-refractivity contribution is 9.10. The molecule has 0 aliphatic heterocycles. The molecule has 0 fully saturated rings. The summed E-state index contributed by atoms with van der Waals surface area (Å²) in [5.41, 5.74) is 4.94. The first kappa shape index (κ1) is 14.5. The van der Waals surface area contributed by atoms with E-state index >= 15 is 0 Å². The highest BCUT2D eigenvalue weighted by Crippen LogP contribution is 2.27. The molecule has 1 aromatic carbocycles. The number of hydrazine groups is 1. The predicted molar refractivity (Wildman–Crippen MR) is 80.8 cm³/mol. The molecule has 0 saturated heterocycles. The van der Waals surface area contributed by atoms with E-state index in [2.05, 4.69) is 26.5 Å². The molecule has 2 aromatic rings. The first-order chi connectivity index (χ1) is 9.17. The molecule has 19 heavy (non-hydrogen) atoms. The number of hydrogen-bond acceptors (Lipinski definition) is 3. The van der Waals surface area contributed by atoms with E-state index in [4.69, 9.17) is 17.4 Å². The molecule has 0 aliphatic carbocycles. The van der Waals surface area contributed by atoms with Crippen molar-refractivity contribution in [3.05, 3.63) is 51.2 Å². The smallest absolute Gasteiger partial charge is 0.0712 e. The van der Waals surface area contributed by atoms with E-state index in [1.165, 1.54) is 0 Å². The van der Waals surface area contributed by atoms with Crippen LogP contribution in [-0.2, 0) is 13.0 Å². The number of nitrogens with one attached hydrogen (secondary N) is 1. The lowest BCUT2D eigenvalue weighted by atomic mass is 10.0. The molecule has 0 amide bonds. The Labute approximate surface area is 126 Å². The fourth-order valence-electron chi connectivity index (χ4n) is 2.09. The van der Waals surface area contributed by atoms with Crippen LogP contribution >= 0.6 is 27.5 Å². The van der Waals surface area contributed by atoms with Gasteiger partial charge in [0.1, 0.15) is 0 Å². The standard InChI is InChI=1S/C13H16BrClN4/c1-2-19-13(10(14)8-17-19)12(18-16)7-9-5-3-4-6-11(9)15/h3-6,8,12,18H,2,7,16H2,1H3. The Hall–Kier alpha value is -0.880. The lowest BCUT2D eigenvalue weighted by molar-refractivity contribution is 0.489. The van der Waals surface area contributed by atoms with E-state index in [1.54, 1.807) is 6.20 Å². The van der Waals surface area contributed by atoms with Crippen LogP contribution in [0.3, 0.4) is 0 Å². The molecule has 0 aliphatic rings. The minimum atomic E-state index is -0.0447. The summed E-state index contributed by atoms with van der Waals surface area (Å²) < 4.78 is 2.87. The van der Waals surface area contributed by atoms with Crippen LogP contribution < -0.4 is 11.3 Å². The van der Waals surface area contributed by atoms with Gasteiger partial charge in [-0.15, -0.1) is 0 Å². The second-order valence-electron chi connectivity index (χ2n) is 4.21. The van der Waals surface area contributed by atoms with E-state index < -0.39 is 0 Å². The largest absolute Gasteiger partial charge is 0.271 e. The van der Waals surface area contributed by atoms with Crippen LogP contribution in [0.2, 0.25) is 5.02 Å². The zero-order valence-electron chi connectivity index (χ0n) is 10.6. The van der Waals surface area contributed by atoms with Gasteiger partial charge >= 0.3 is 0 Å². The van der Waals surface area contributed by atoms with Gasteiger partial charge in [0, 0.05) is 11.6 Å². The van der Waals surface area contributed by atoms with Crippen LogP contribution in [0.15, 0.2) is 34.9 Å². The number of halogens is 2. The van der Waals surface area contributed by atoms with Crippen LogP contribution in [0.1, 0.15) is 24.2 Å². The number of aryl methyl sites for hydroxylation is 1. The van der Waals surface area contributed by atoms with E-state index in [0.717, 1.165) is 27.3 Å². The van der Waals surface area contributed by atoms with Gasteiger partial charge in [0.25, 0.3) is 0 Å². The van der Waals surface area contributed by atoms with Crippen LogP contribution in [0.5, 0.6) is 0 Å². The molecule has 0 saturated carbocycles. The summed E-state index contributed by atoms with van der Waals surface area (Å²) in [6.07, 6.45) is 2.50. The van der Waals surface area contributed by atoms with Crippen LogP contribution in [0, 0.1) is 0 Å². The lowest BCUT2D eigenvalue weighted by Gasteiger charge is -2.18. The predicted octanol–water partition coefficient (Wildman–Crippen LogP) is 3.07. The van der Waals surface area contributed by atoms with Gasteiger partial charge in [-0.3, -0.25) is 16.0 Å². The minimum Gasteiger partial charge on any atom is -0.271 e. The molecule has 102 valence electrons. The summed E-state index contributed by atoms with van der Waals surface area (Å²) in [4.78, 5) is 0. The van der Waals surface area contributed by atoms with Crippen LogP contribution in [-0.4, -0.2) is 9.78 Å². The third-order valence-electron chi connectivity index (χ3n) is 3.05. The maximum absolute atomic E-state index is 6.20. The quantitative estimate of drug-likeness (QED) is 0.648. The molecule has 2 rings (SSSR count). The maximum Gasteiger partial charge on any atom is 0.0712 e. The van der Waals surface area contributed by atoms with Crippen molar-refractivity contribution in [2.75, 3.05) is 0 Å². The summed E-state index contributed by atoms with van der Waals surface area (Å²) in [6, 6.07) is 7.74. The number of hydrogen-bond donors (Lipinski definition) is 2. The topological polar surface area (TPSA) is 55.9 Å². The molecule has 1 unspecified atom stereocenters. The summed E-state index contributed by atoms with van der Waals surface area (Å²) in [5.74, 6) is 5.70. The lowest BCUT2D eigenvalue weighted by Crippen LogP contribution is -2.31. The van der Waals surface area contributed by atoms with Gasteiger partial charge in [0.05, 0.1) is 22.4 Å². The Morgan fingerprint density at radius 1 is 1.47 bits per heavy atom. The number of benzene rings is 1. The average Bonchev–Trinajstić information content (AvgIpc) is 2.79. The van der Waals surface area contributed by atoms with Crippen molar-refractivity contribution in [2.45, 2.75) is 25.9 Å². The highest BCUT2D eigenvalue weighted by Gasteiger charge is 2.19. The molecular formula is C13H16BrClN4. The SMILES string of the molecule is CCn1ncc(Br)c1C(Cc1ccccc1Cl)NN. The fourth-order valence-corrected chi connectivity index (χ4v) is 2.87.